The third-order valence-corrected chi connectivity index (χ3v) is 5.79. The lowest BCUT2D eigenvalue weighted by atomic mass is 10.2. The Balaban J connectivity index is 1.69. The molecule has 0 saturated heterocycles. The zero-order valence-electron chi connectivity index (χ0n) is 21.0. The van der Waals surface area contributed by atoms with Crippen LogP contribution >= 0.6 is 0 Å². The van der Waals surface area contributed by atoms with Gasteiger partial charge in [0.25, 0.3) is 0 Å². The summed E-state index contributed by atoms with van der Waals surface area (Å²) in [6.07, 6.45) is 4.93. The largest absolute Gasteiger partial charge is 0.494 e. The summed E-state index contributed by atoms with van der Waals surface area (Å²) < 4.78 is 7.70. The van der Waals surface area contributed by atoms with Crippen LogP contribution < -0.4 is 20.3 Å². The summed E-state index contributed by atoms with van der Waals surface area (Å²) in [4.78, 5) is 25.5. The van der Waals surface area contributed by atoms with Crippen LogP contribution in [0.1, 0.15) is 0 Å². The Morgan fingerprint density at radius 1 is 1.11 bits per heavy atom. The van der Waals surface area contributed by atoms with E-state index in [1.807, 2.05) is 74.4 Å². The number of para-hydroxylation sites is 1. The highest BCUT2D eigenvalue weighted by Gasteiger charge is 2.17. The molecule has 2 aromatic heterocycles. The average Bonchev–Trinajstić information content (AvgIpc) is 3.32. The molecule has 0 bridgehead atoms. The van der Waals surface area contributed by atoms with Crippen molar-refractivity contribution < 1.29 is 9.53 Å². The van der Waals surface area contributed by atoms with Crippen molar-refractivity contribution in [1.82, 2.24) is 19.4 Å². The van der Waals surface area contributed by atoms with Crippen LogP contribution in [0.15, 0.2) is 73.6 Å². The number of amides is 1. The lowest BCUT2D eigenvalue weighted by Crippen LogP contribution is -2.29. The monoisotopic (exact) mass is 485 g/mol. The van der Waals surface area contributed by atoms with Crippen molar-refractivity contribution in [3.63, 3.8) is 0 Å². The number of methoxy groups -OCH3 is 1. The number of ether oxygens (including phenoxy) is 1. The van der Waals surface area contributed by atoms with Gasteiger partial charge in [0.05, 0.1) is 29.7 Å². The Kier molecular flexibility index (Phi) is 7.50. The van der Waals surface area contributed by atoms with Crippen molar-refractivity contribution in [1.29, 1.82) is 0 Å². The predicted octanol–water partition coefficient (Wildman–Crippen LogP) is 4.30. The van der Waals surface area contributed by atoms with E-state index in [0.29, 0.717) is 23.1 Å². The fourth-order valence-electron chi connectivity index (χ4n) is 3.85. The SMILES string of the molecule is C=CC(=O)Nc1cc(Nc2nccc(-n3ccc4ccccc43)n2)c(OC)cc1N(C)CCN(C)C. The number of anilines is 4. The first-order chi connectivity index (χ1) is 17.4. The Labute approximate surface area is 211 Å². The molecule has 0 aliphatic rings. The highest BCUT2D eigenvalue weighted by Crippen LogP contribution is 2.38. The van der Waals surface area contributed by atoms with Gasteiger partial charge in [-0.05, 0) is 49.8 Å². The van der Waals surface area contributed by atoms with Gasteiger partial charge in [-0.2, -0.15) is 4.98 Å². The summed E-state index contributed by atoms with van der Waals surface area (Å²) in [7, 11) is 7.62. The number of fused-ring (bicyclic) bond motifs is 1. The van der Waals surface area contributed by atoms with E-state index >= 15 is 0 Å². The second-order valence-corrected chi connectivity index (χ2v) is 8.60. The van der Waals surface area contributed by atoms with Gasteiger partial charge in [0.15, 0.2) is 0 Å². The molecule has 9 nitrogen and oxygen atoms in total. The highest BCUT2D eigenvalue weighted by atomic mass is 16.5. The number of nitrogens with zero attached hydrogens (tertiary/aromatic N) is 5. The molecular formula is C27H31N7O2. The molecule has 9 heteroatoms. The van der Waals surface area contributed by atoms with Crippen LogP contribution in [0.2, 0.25) is 0 Å². The summed E-state index contributed by atoms with van der Waals surface area (Å²) in [6.45, 7) is 5.18. The minimum atomic E-state index is -0.300. The fourth-order valence-corrected chi connectivity index (χ4v) is 3.85. The molecule has 2 N–H and O–H groups in total. The maximum atomic E-state index is 12.2. The number of likely N-dealkylation sites (N-methyl/N-ethyl adjacent to an activating group) is 2. The molecule has 0 aliphatic heterocycles. The molecule has 0 aliphatic carbocycles. The van der Waals surface area contributed by atoms with Crippen molar-refractivity contribution in [2.45, 2.75) is 0 Å². The van der Waals surface area contributed by atoms with E-state index < -0.39 is 0 Å². The second kappa shape index (κ2) is 10.9. The van der Waals surface area contributed by atoms with Gasteiger partial charge in [0.2, 0.25) is 11.9 Å². The van der Waals surface area contributed by atoms with Crippen molar-refractivity contribution >= 4 is 39.8 Å². The van der Waals surface area contributed by atoms with E-state index in [2.05, 4.69) is 38.1 Å². The molecule has 2 aromatic carbocycles. The third kappa shape index (κ3) is 5.47. The number of aromatic nitrogens is 3. The average molecular weight is 486 g/mol. The van der Waals surface area contributed by atoms with E-state index in [9.17, 15) is 4.79 Å². The molecule has 4 aromatic rings. The van der Waals surface area contributed by atoms with E-state index in [1.54, 1.807) is 13.3 Å². The van der Waals surface area contributed by atoms with Crippen LogP contribution in [-0.4, -0.2) is 66.7 Å². The lowest BCUT2D eigenvalue weighted by molar-refractivity contribution is -0.111. The van der Waals surface area contributed by atoms with Gasteiger partial charge in [-0.3, -0.25) is 4.79 Å². The maximum absolute atomic E-state index is 12.2. The van der Waals surface area contributed by atoms with Gasteiger partial charge in [0, 0.05) is 38.6 Å². The predicted molar refractivity (Wildman–Crippen MR) is 146 cm³/mol. The standard InChI is InChI=1S/C27H31N7O2/c1-6-26(35)29-20-17-21(24(36-5)18-23(20)33(4)16-15-32(2)3)30-27-28-13-11-25(31-27)34-14-12-19-9-7-8-10-22(19)34/h6-14,17-18H,1,15-16H2,2-5H3,(H,29,35)(H,28,30,31). The Hall–Kier alpha value is -4.37. The van der Waals surface area contributed by atoms with Gasteiger partial charge < -0.3 is 29.7 Å². The molecule has 186 valence electrons. The second-order valence-electron chi connectivity index (χ2n) is 8.60. The molecule has 2 heterocycles. The number of carbonyl (C=O) groups excluding carboxylic acids is 1. The van der Waals surface area contributed by atoms with Crippen LogP contribution in [0.4, 0.5) is 23.0 Å². The maximum Gasteiger partial charge on any atom is 0.247 e. The molecule has 0 radical (unpaired) electrons. The zero-order valence-corrected chi connectivity index (χ0v) is 21.0. The van der Waals surface area contributed by atoms with Crippen molar-refractivity contribution in [2.75, 3.05) is 56.9 Å². The fraction of sp³-hybridized carbons (Fsp3) is 0.222. The molecule has 0 saturated carbocycles. The summed E-state index contributed by atoms with van der Waals surface area (Å²) in [5, 5.41) is 7.29. The van der Waals surface area contributed by atoms with Gasteiger partial charge in [-0.1, -0.05) is 24.8 Å². The molecule has 0 spiro atoms. The quantitative estimate of drug-likeness (QED) is 0.324. The summed E-state index contributed by atoms with van der Waals surface area (Å²) in [5.74, 6) is 1.43. The van der Waals surface area contributed by atoms with Crippen LogP contribution in [0, 0.1) is 0 Å². The van der Waals surface area contributed by atoms with Crippen molar-refractivity contribution in [2.24, 2.45) is 0 Å². The first kappa shape index (κ1) is 24.7. The number of nitrogens with one attached hydrogen (secondary N) is 2. The smallest absolute Gasteiger partial charge is 0.247 e. The molecule has 0 fully saturated rings. The van der Waals surface area contributed by atoms with E-state index in [-0.39, 0.29) is 5.91 Å². The molecule has 4 rings (SSSR count). The number of carbonyl (C=O) groups is 1. The molecule has 0 atom stereocenters. The lowest BCUT2D eigenvalue weighted by Gasteiger charge is -2.26. The Morgan fingerprint density at radius 3 is 2.67 bits per heavy atom. The summed E-state index contributed by atoms with van der Waals surface area (Å²) in [6, 6.07) is 15.7. The number of rotatable bonds is 10. The van der Waals surface area contributed by atoms with Crippen molar-refractivity contribution in [3.8, 4) is 11.6 Å². The molecule has 36 heavy (non-hydrogen) atoms. The minimum absolute atomic E-state index is 0.300. The van der Waals surface area contributed by atoms with Gasteiger partial charge in [-0.15, -0.1) is 0 Å². The topological polar surface area (TPSA) is 87.5 Å². The van der Waals surface area contributed by atoms with Crippen LogP contribution in [-0.2, 0) is 4.79 Å². The summed E-state index contributed by atoms with van der Waals surface area (Å²) >= 11 is 0. The van der Waals surface area contributed by atoms with Crippen LogP contribution in [0.3, 0.4) is 0 Å². The Bertz CT molecular complexity index is 1380. The number of hydrogen-bond acceptors (Lipinski definition) is 7. The van der Waals surface area contributed by atoms with Gasteiger partial charge in [-0.25, -0.2) is 4.98 Å². The van der Waals surface area contributed by atoms with E-state index in [1.165, 1.54) is 6.08 Å². The molecular weight excluding hydrogens is 454 g/mol. The first-order valence-corrected chi connectivity index (χ1v) is 11.6. The third-order valence-electron chi connectivity index (χ3n) is 5.79. The Morgan fingerprint density at radius 2 is 1.92 bits per heavy atom. The van der Waals surface area contributed by atoms with Crippen LogP contribution in [0.5, 0.6) is 5.75 Å². The van der Waals surface area contributed by atoms with Gasteiger partial charge >= 0.3 is 0 Å². The molecule has 1 amide bonds. The van der Waals surface area contributed by atoms with E-state index in [0.717, 1.165) is 35.5 Å². The number of hydrogen-bond donors (Lipinski definition) is 2. The van der Waals surface area contributed by atoms with Crippen molar-refractivity contribution in [3.05, 3.63) is 73.6 Å². The van der Waals surface area contributed by atoms with Gasteiger partial charge in [0.1, 0.15) is 11.6 Å². The molecule has 0 unspecified atom stereocenters. The minimum Gasteiger partial charge on any atom is -0.494 e. The number of benzene rings is 2. The van der Waals surface area contributed by atoms with Crippen LogP contribution in [0.25, 0.3) is 16.7 Å². The van der Waals surface area contributed by atoms with E-state index in [4.69, 9.17) is 9.72 Å². The summed E-state index contributed by atoms with van der Waals surface area (Å²) in [5.41, 5.74) is 3.12. The first-order valence-electron chi connectivity index (χ1n) is 11.6. The normalized spacial score (nSPS) is 10.9. The highest BCUT2D eigenvalue weighted by molar-refractivity contribution is 6.02. The zero-order chi connectivity index (χ0) is 25.7.